The fourth-order valence-corrected chi connectivity index (χ4v) is 3.53. The fourth-order valence-electron chi connectivity index (χ4n) is 3.40. The summed E-state index contributed by atoms with van der Waals surface area (Å²) in [5.74, 6) is -1.49. The minimum atomic E-state index is -4.56. The second-order valence-corrected chi connectivity index (χ2v) is 8.17. The number of hydrogen-bond acceptors (Lipinski definition) is 3. The number of hydrogen-bond donors (Lipinski definition) is 0. The van der Waals surface area contributed by atoms with Crippen molar-refractivity contribution in [2.24, 2.45) is 11.1 Å². The van der Waals surface area contributed by atoms with Crippen LogP contribution in [0.4, 0.5) is 26.3 Å². The van der Waals surface area contributed by atoms with Crippen LogP contribution in [0, 0.1) is 5.92 Å². The van der Waals surface area contributed by atoms with Crippen molar-refractivity contribution in [2.75, 3.05) is 6.61 Å². The third kappa shape index (κ3) is 6.57. The Bertz CT molecular complexity index is 1030. The van der Waals surface area contributed by atoms with Crippen molar-refractivity contribution in [1.29, 1.82) is 0 Å². The van der Waals surface area contributed by atoms with E-state index >= 15 is 0 Å². The monoisotopic (exact) mass is 511 g/mol. The van der Waals surface area contributed by atoms with Gasteiger partial charge in [-0.3, -0.25) is 0 Å². The number of ether oxygens (including phenoxy) is 1. The molecular weight excluding hydrogens is 495 g/mol. The number of fused-ring (bicyclic) bond motifs is 1. The van der Waals surface area contributed by atoms with E-state index in [0.29, 0.717) is 16.9 Å². The zero-order valence-corrected chi connectivity index (χ0v) is 18.3. The van der Waals surface area contributed by atoms with Crippen LogP contribution >= 0.6 is 23.2 Å². The second kappa shape index (κ2) is 10.3. The van der Waals surface area contributed by atoms with Crippen LogP contribution in [0.25, 0.3) is 0 Å². The number of alkyl halides is 6. The summed E-state index contributed by atoms with van der Waals surface area (Å²) in [7, 11) is 0. The SMILES string of the molecule is FC(F)(F)c1ccc(CO/N=C2/c3cccc(OCC=C(Cl)Cl)c3CCC2C(F)(F)F)cc1. The van der Waals surface area contributed by atoms with Crippen LogP contribution in [0.1, 0.15) is 28.7 Å². The van der Waals surface area contributed by atoms with Crippen molar-refractivity contribution < 1.29 is 35.9 Å². The highest BCUT2D eigenvalue weighted by molar-refractivity contribution is 6.55. The lowest BCUT2D eigenvalue weighted by atomic mass is 9.81. The molecule has 2 aromatic rings. The van der Waals surface area contributed by atoms with E-state index in [9.17, 15) is 26.3 Å². The van der Waals surface area contributed by atoms with Gasteiger partial charge >= 0.3 is 12.4 Å². The van der Waals surface area contributed by atoms with Crippen molar-refractivity contribution in [2.45, 2.75) is 31.8 Å². The first kappa shape index (κ1) is 25.2. The van der Waals surface area contributed by atoms with Crippen LogP contribution in [0.5, 0.6) is 5.75 Å². The highest BCUT2D eigenvalue weighted by Crippen LogP contribution is 2.40. The molecule has 0 N–H and O–H groups in total. The first-order valence-electron chi connectivity index (χ1n) is 9.65. The molecular formula is C22H17Cl2F6NO2. The van der Waals surface area contributed by atoms with E-state index in [0.717, 1.165) is 12.1 Å². The third-order valence-corrected chi connectivity index (χ3v) is 5.28. The molecule has 178 valence electrons. The van der Waals surface area contributed by atoms with Crippen LogP contribution in [0.3, 0.4) is 0 Å². The van der Waals surface area contributed by atoms with Gasteiger partial charge in [-0.25, -0.2) is 0 Å². The van der Waals surface area contributed by atoms with E-state index in [2.05, 4.69) is 5.16 Å². The van der Waals surface area contributed by atoms with Crippen LogP contribution in [-0.4, -0.2) is 18.5 Å². The molecule has 0 radical (unpaired) electrons. The normalized spacial score (nSPS) is 17.5. The molecule has 0 aromatic heterocycles. The highest BCUT2D eigenvalue weighted by Gasteiger charge is 2.46. The lowest BCUT2D eigenvalue weighted by molar-refractivity contribution is -0.157. The summed E-state index contributed by atoms with van der Waals surface area (Å²) in [6, 6.07) is 8.73. The highest BCUT2D eigenvalue weighted by atomic mass is 35.5. The molecule has 11 heteroatoms. The zero-order valence-electron chi connectivity index (χ0n) is 16.8. The average molecular weight is 512 g/mol. The first-order valence-corrected chi connectivity index (χ1v) is 10.4. The Balaban J connectivity index is 1.85. The van der Waals surface area contributed by atoms with Crippen molar-refractivity contribution in [3.63, 3.8) is 0 Å². The molecule has 1 aliphatic rings. The molecule has 1 unspecified atom stereocenters. The van der Waals surface area contributed by atoms with Gasteiger partial charge < -0.3 is 9.57 Å². The maximum Gasteiger partial charge on any atom is 0.416 e. The lowest BCUT2D eigenvalue weighted by Gasteiger charge is -2.29. The molecule has 3 rings (SSSR count). The summed E-state index contributed by atoms with van der Waals surface area (Å²) in [5.41, 5.74) is -0.0575. The van der Waals surface area contributed by atoms with Crippen molar-refractivity contribution in [3.8, 4) is 5.75 Å². The third-order valence-electron chi connectivity index (χ3n) is 4.97. The molecule has 0 amide bonds. The molecule has 0 saturated carbocycles. The van der Waals surface area contributed by atoms with Gasteiger partial charge in [0, 0.05) is 11.1 Å². The summed E-state index contributed by atoms with van der Waals surface area (Å²) in [5, 5.41) is 3.75. The Labute approximate surface area is 195 Å². The summed E-state index contributed by atoms with van der Waals surface area (Å²) in [4.78, 5) is 5.14. The number of benzene rings is 2. The zero-order chi connectivity index (χ0) is 24.2. The summed E-state index contributed by atoms with van der Waals surface area (Å²) < 4.78 is 84.6. The Kier molecular flexibility index (Phi) is 7.84. The van der Waals surface area contributed by atoms with Crippen molar-refractivity contribution >= 4 is 28.9 Å². The average Bonchev–Trinajstić information content (AvgIpc) is 2.72. The van der Waals surface area contributed by atoms with E-state index in [1.165, 1.54) is 30.3 Å². The van der Waals surface area contributed by atoms with E-state index in [1.807, 2.05) is 0 Å². The molecule has 3 nitrogen and oxygen atoms in total. The van der Waals surface area contributed by atoms with Crippen LogP contribution < -0.4 is 4.74 Å². The lowest BCUT2D eigenvalue weighted by Crippen LogP contribution is -2.35. The van der Waals surface area contributed by atoms with Gasteiger partial charge in [-0.1, -0.05) is 52.6 Å². The van der Waals surface area contributed by atoms with E-state index in [-0.39, 0.29) is 41.8 Å². The number of halogens is 8. The molecule has 0 bridgehead atoms. The summed E-state index contributed by atoms with van der Waals surface area (Å²) >= 11 is 11.1. The smallest absolute Gasteiger partial charge is 0.416 e. The molecule has 0 fully saturated rings. The van der Waals surface area contributed by atoms with Gasteiger partial charge in [-0.05, 0) is 42.7 Å². The van der Waals surface area contributed by atoms with Gasteiger partial charge in [-0.2, -0.15) is 26.3 Å². The van der Waals surface area contributed by atoms with Gasteiger partial charge in [0.15, 0.2) is 0 Å². The van der Waals surface area contributed by atoms with Crippen LogP contribution in [0.2, 0.25) is 0 Å². The van der Waals surface area contributed by atoms with Crippen molar-refractivity contribution in [3.05, 3.63) is 75.3 Å². The Morgan fingerprint density at radius 3 is 2.33 bits per heavy atom. The fraction of sp³-hybridized carbons (Fsp3) is 0.318. The predicted octanol–water partition coefficient (Wildman–Crippen LogP) is 7.45. The number of rotatable bonds is 6. The molecule has 1 atom stereocenters. The van der Waals surface area contributed by atoms with Crippen molar-refractivity contribution in [1.82, 2.24) is 0 Å². The molecule has 33 heavy (non-hydrogen) atoms. The molecule has 1 aliphatic carbocycles. The quantitative estimate of drug-likeness (QED) is 0.298. The second-order valence-electron chi connectivity index (χ2n) is 7.16. The van der Waals surface area contributed by atoms with E-state index < -0.39 is 23.8 Å². The number of oxime groups is 1. The van der Waals surface area contributed by atoms with E-state index in [4.69, 9.17) is 32.8 Å². The first-order chi connectivity index (χ1) is 15.5. The minimum Gasteiger partial charge on any atom is -0.489 e. The maximum absolute atomic E-state index is 13.7. The van der Waals surface area contributed by atoms with E-state index in [1.54, 1.807) is 6.07 Å². The maximum atomic E-state index is 13.7. The van der Waals surface area contributed by atoms with Crippen LogP contribution in [-0.2, 0) is 24.0 Å². The summed E-state index contributed by atoms with van der Waals surface area (Å²) in [6.45, 7) is -0.269. The molecule has 0 spiro atoms. The van der Waals surface area contributed by atoms with Gasteiger partial charge in [-0.15, -0.1) is 0 Å². The Morgan fingerprint density at radius 2 is 1.73 bits per heavy atom. The molecule has 0 heterocycles. The van der Waals surface area contributed by atoms with Gasteiger partial charge in [0.2, 0.25) is 0 Å². The Morgan fingerprint density at radius 1 is 1.03 bits per heavy atom. The topological polar surface area (TPSA) is 30.8 Å². The minimum absolute atomic E-state index is 0.00384. The van der Waals surface area contributed by atoms with Crippen LogP contribution in [0.15, 0.2) is 58.2 Å². The summed E-state index contributed by atoms with van der Waals surface area (Å²) in [6.07, 6.45) is -7.81. The number of nitrogens with zero attached hydrogens (tertiary/aromatic N) is 1. The standard InChI is InChI=1S/C22H17Cl2F6NO2/c23-19(24)10-11-32-18-3-1-2-16-15(18)8-9-17(22(28,29)30)20(16)31-33-12-13-4-6-14(7-5-13)21(25,26)27/h1-7,10,17H,8-9,11-12H2/b31-20-. The largest absolute Gasteiger partial charge is 0.489 e. The molecule has 0 saturated heterocycles. The van der Waals surface area contributed by atoms with Gasteiger partial charge in [0.25, 0.3) is 0 Å². The van der Waals surface area contributed by atoms with Gasteiger partial charge in [0.05, 0.1) is 11.3 Å². The van der Waals surface area contributed by atoms with Gasteiger partial charge in [0.1, 0.15) is 29.4 Å². The Hall–Kier alpha value is -2.39. The predicted molar refractivity (Wildman–Crippen MR) is 112 cm³/mol. The molecule has 2 aromatic carbocycles. The molecule has 0 aliphatic heterocycles.